The van der Waals surface area contributed by atoms with Crippen LogP contribution in [0.15, 0.2) is 11.1 Å². The second kappa shape index (κ2) is 3.21. The van der Waals surface area contributed by atoms with E-state index < -0.39 is 0 Å². The number of nitrogens with zero attached hydrogens (tertiary/aromatic N) is 2. The molecule has 1 aromatic rings. The van der Waals surface area contributed by atoms with Crippen LogP contribution >= 0.6 is 22.6 Å². The highest BCUT2D eigenvalue weighted by Crippen LogP contribution is 2.10. The largest absolute Gasteiger partial charge is 0.362 e. The second-order valence-electron chi connectivity index (χ2n) is 2.26. The minimum absolute atomic E-state index is 0.0932. The molecule has 0 saturated heterocycles. The van der Waals surface area contributed by atoms with Crippen LogP contribution in [0.3, 0.4) is 0 Å². The van der Waals surface area contributed by atoms with Gasteiger partial charge in [-0.25, -0.2) is 4.98 Å². The zero-order valence-corrected chi connectivity index (χ0v) is 8.42. The van der Waals surface area contributed by atoms with E-state index in [4.69, 9.17) is 0 Å². The average molecular weight is 265 g/mol. The van der Waals surface area contributed by atoms with E-state index in [9.17, 15) is 4.79 Å². The van der Waals surface area contributed by atoms with Gasteiger partial charge in [-0.05, 0) is 22.6 Å². The van der Waals surface area contributed by atoms with Gasteiger partial charge in [0.05, 0.1) is 6.33 Å². The topological polar surface area (TPSA) is 49.0 Å². The minimum Gasteiger partial charge on any atom is -0.362 e. The molecular weight excluding hydrogens is 257 g/mol. The fourth-order valence-corrected chi connectivity index (χ4v) is 1.46. The average Bonchev–Trinajstić information content (AvgIpc) is 1.94. The van der Waals surface area contributed by atoms with Gasteiger partial charge in [0.25, 0.3) is 5.56 Å². The predicted octanol–water partition coefficient (Wildman–Crippen LogP) is 0.441. The maximum absolute atomic E-state index is 11.0. The van der Waals surface area contributed by atoms with Gasteiger partial charge in [0.1, 0.15) is 9.39 Å². The molecule has 60 valence electrons. The smallest absolute Gasteiger partial charge is 0.266 e. The summed E-state index contributed by atoms with van der Waals surface area (Å²) < 4.78 is 0.620. The Morgan fingerprint density at radius 1 is 1.64 bits per heavy atom. The number of anilines is 1. The normalized spacial score (nSPS) is 9.73. The Morgan fingerprint density at radius 2 is 2.27 bits per heavy atom. The van der Waals surface area contributed by atoms with E-state index in [1.54, 1.807) is 4.90 Å². The summed E-state index contributed by atoms with van der Waals surface area (Å²) in [7, 11) is 3.70. The number of hydrogen-bond acceptors (Lipinski definition) is 3. The standard InChI is InChI=1S/C6H8IN3O/c1-10(2)5-4(7)6(11)9-3-8-5/h3H,1-2H3,(H,8,9,11). The van der Waals surface area contributed by atoms with Crippen LogP contribution in [0.25, 0.3) is 0 Å². The molecule has 11 heavy (non-hydrogen) atoms. The molecule has 0 aliphatic rings. The van der Waals surface area contributed by atoms with Gasteiger partial charge < -0.3 is 9.88 Å². The summed E-state index contributed by atoms with van der Waals surface area (Å²) in [6.07, 6.45) is 1.40. The lowest BCUT2D eigenvalue weighted by molar-refractivity contribution is 1.00. The van der Waals surface area contributed by atoms with E-state index in [2.05, 4.69) is 9.97 Å². The van der Waals surface area contributed by atoms with Crippen LogP contribution in [0.4, 0.5) is 5.82 Å². The Balaban J connectivity index is 3.28. The summed E-state index contributed by atoms with van der Waals surface area (Å²) in [5.41, 5.74) is -0.0932. The number of nitrogens with one attached hydrogen (secondary N) is 1. The number of hydrogen-bond donors (Lipinski definition) is 1. The molecule has 0 saturated carbocycles. The van der Waals surface area contributed by atoms with Gasteiger partial charge in [-0.15, -0.1) is 0 Å². The summed E-state index contributed by atoms with van der Waals surface area (Å²) in [6, 6.07) is 0. The van der Waals surface area contributed by atoms with Gasteiger partial charge in [0.15, 0.2) is 0 Å². The van der Waals surface area contributed by atoms with Gasteiger partial charge in [0.2, 0.25) is 0 Å². The van der Waals surface area contributed by atoms with Crippen molar-refractivity contribution >= 4 is 28.4 Å². The summed E-state index contributed by atoms with van der Waals surface area (Å²) >= 11 is 1.97. The van der Waals surface area contributed by atoms with E-state index in [0.29, 0.717) is 9.39 Å². The molecular formula is C6H8IN3O. The first-order valence-corrected chi connectivity index (χ1v) is 4.11. The zero-order chi connectivity index (χ0) is 8.43. The molecule has 0 aliphatic heterocycles. The Bertz CT molecular complexity index is 307. The SMILES string of the molecule is CN(C)c1nc[nH]c(=O)c1I. The third kappa shape index (κ3) is 1.70. The van der Waals surface area contributed by atoms with Crippen molar-refractivity contribution in [2.45, 2.75) is 0 Å². The van der Waals surface area contributed by atoms with E-state index in [1.807, 2.05) is 36.7 Å². The van der Waals surface area contributed by atoms with E-state index in [-0.39, 0.29) is 5.56 Å². The second-order valence-corrected chi connectivity index (χ2v) is 3.34. The first-order valence-electron chi connectivity index (χ1n) is 3.03. The zero-order valence-electron chi connectivity index (χ0n) is 6.26. The first kappa shape index (κ1) is 8.51. The molecule has 0 bridgehead atoms. The molecule has 0 spiro atoms. The van der Waals surface area contributed by atoms with Crippen molar-refractivity contribution in [1.82, 2.24) is 9.97 Å². The number of aromatic nitrogens is 2. The molecule has 0 unspecified atom stereocenters. The highest BCUT2D eigenvalue weighted by Gasteiger charge is 2.05. The van der Waals surface area contributed by atoms with Crippen molar-refractivity contribution in [3.63, 3.8) is 0 Å². The maximum Gasteiger partial charge on any atom is 0.266 e. The van der Waals surface area contributed by atoms with Crippen molar-refractivity contribution in [1.29, 1.82) is 0 Å². The molecule has 5 heteroatoms. The first-order chi connectivity index (χ1) is 5.13. The molecule has 0 fully saturated rings. The summed E-state index contributed by atoms with van der Waals surface area (Å²) in [4.78, 5) is 19.3. The lowest BCUT2D eigenvalue weighted by atomic mass is 10.5. The third-order valence-electron chi connectivity index (χ3n) is 1.20. The third-order valence-corrected chi connectivity index (χ3v) is 2.17. The molecule has 0 aliphatic carbocycles. The molecule has 0 radical (unpaired) electrons. The molecule has 1 aromatic heterocycles. The monoisotopic (exact) mass is 265 g/mol. The Hall–Kier alpha value is -0.590. The number of aromatic amines is 1. The van der Waals surface area contributed by atoms with Crippen molar-refractivity contribution in [3.05, 3.63) is 20.3 Å². The predicted molar refractivity (Wildman–Crippen MR) is 51.9 cm³/mol. The summed E-state index contributed by atoms with van der Waals surface area (Å²) in [6.45, 7) is 0. The van der Waals surface area contributed by atoms with Crippen LogP contribution in [0, 0.1) is 3.57 Å². The Kier molecular flexibility index (Phi) is 2.48. The molecule has 0 amide bonds. The molecule has 0 aromatic carbocycles. The maximum atomic E-state index is 11.0. The van der Waals surface area contributed by atoms with Gasteiger partial charge in [-0.3, -0.25) is 4.79 Å². The van der Waals surface area contributed by atoms with Crippen LogP contribution < -0.4 is 10.5 Å². The number of rotatable bonds is 1. The van der Waals surface area contributed by atoms with Crippen LogP contribution in [0.5, 0.6) is 0 Å². The quantitative estimate of drug-likeness (QED) is 0.749. The summed E-state index contributed by atoms with van der Waals surface area (Å²) in [5.74, 6) is 0.703. The van der Waals surface area contributed by atoms with Gasteiger partial charge in [0, 0.05) is 14.1 Å². The molecule has 1 heterocycles. The van der Waals surface area contributed by atoms with Gasteiger partial charge in [-0.1, -0.05) is 0 Å². The van der Waals surface area contributed by atoms with E-state index >= 15 is 0 Å². The van der Waals surface area contributed by atoms with Crippen molar-refractivity contribution in [3.8, 4) is 0 Å². The molecule has 1 N–H and O–H groups in total. The Morgan fingerprint density at radius 3 is 2.73 bits per heavy atom. The van der Waals surface area contributed by atoms with Crippen molar-refractivity contribution in [2.75, 3.05) is 19.0 Å². The van der Waals surface area contributed by atoms with Crippen LogP contribution in [-0.2, 0) is 0 Å². The van der Waals surface area contributed by atoms with Crippen LogP contribution in [0.1, 0.15) is 0 Å². The summed E-state index contributed by atoms with van der Waals surface area (Å²) in [5, 5.41) is 0. The number of halogens is 1. The lowest BCUT2D eigenvalue weighted by Gasteiger charge is -2.10. The van der Waals surface area contributed by atoms with Gasteiger partial charge >= 0.3 is 0 Å². The van der Waals surface area contributed by atoms with Gasteiger partial charge in [-0.2, -0.15) is 0 Å². The highest BCUT2D eigenvalue weighted by atomic mass is 127. The minimum atomic E-state index is -0.0932. The van der Waals surface area contributed by atoms with E-state index in [0.717, 1.165) is 0 Å². The molecule has 4 nitrogen and oxygen atoms in total. The van der Waals surface area contributed by atoms with Crippen molar-refractivity contribution in [2.24, 2.45) is 0 Å². The van der Waals surface area contributed by atoms with Crippen molar-refractivity contribution < 1.29 is 0 Å². The van der Waals surface area contributed by atoms with Crippen LogP contribution in [-0.4, -0.2) is 24.1 Å². The fraction of sp³-hybridized carbons (Fsp3) is 0.333. The lowest BCUT2D eigenvalue weighted by Crippen LogP contribution is -2.19. The fourth-order valence-electron chi connectivity index (χ4n) is 0.685. The molecule has 1 rings (SSSR count). The highest BCUT2D eigenvalue weighted by molar-refractivity contribution is 14.1. The number of H-pyrrole nitrogens is 1. The Labute approximate surface area is 77.8 Å². The van der Waals surface area contributed by atoms with Crippen LogP contribution in [0.2, 0.25) is 0 Å². The molecule has 0 atom stereocenters. The van der Waals surface area contributed by atoms with E-state index in [1.165, 1.54) is 6.33 Å².